The van der Waals surface area contributed by atoms with E-state index < -0.39 is 0 Å². The molecule has 0 aliphatic rings. The van der Waals surface area contributed by atoms with Gasteiger partial charge in [-0.2, -0.15) is 5.21 Å². The van der Waals surface area contributed by atoms with Crippen LogP contribution in [0.5, 0.6) is 11.5 Å². The predicted octanol–water partition coefficient (Wildman–Crippen LogP) is 2.37. The number of tetrazole rings is 1. The number of hydrogen-bond donors (Lipinski definition) is 2. The van der Waals surface area contributed by atoms with Crippen LogP contribution in [0.25, 0.3) is 0 Å². The Bertz CT molecular complexity index is 547. The Labute approximate surface area is 125 Å². The second kappa shape index (κ2) is 7.09. The Hall–Kier alpha value is -1.83. The molecule has 1 aromatic carbocycles. The Balaban J connectivity index is 2.21. The van der Waals surface area contributed by atoms with Gasteiger partial charge in [-0.3, -0.25) is 0 Å². The lowest BCUT2D eigenvalue weighted by molar-refractivity contribution is 0.291. The number of methoxy groups -OCH3 is 1. The van der Waals surface area contributed by atoms with Crippen molar-refractivity contribution in [2.45, 2.75) is 19.9 Å². The first-order chi connectivity index (χ1) is 9.74. The van der Waals surface area contributed by atoms with E-state index in [0.717, 1.165) is 22.2 Å². The van der Waals surface area contributed by atoms with Crippen LogP contribution in [-0.4, -0.2) is 34.3 Å². The molecule has 0 atom stereocenters. The minimum absolute atomic E-state index is 0.436. The lowest BCUT2D eigenvalue weighted by Gasteiger charge is -2.15. The first-order valence-electron chi connectivity index (χ1n) is 6.21. The predicted molar refractivity (Wildman–Crippen MR) is 78.0 cm³/mol. The van der Waals surface area contributed by atoms with Crippen molar-refractivity contribution in [2.24, 2.45) is 0 Å². The summed E-state index contributed by atoms with van der Waals surface area (Å²) in [5.74, 6) is 1.86. The Morgan fingerprint density at radius 2 is 2.25 bits per heavy atom. The van der Waals surface area contributed by atoms with Crippen LogP contribution in [0.4, 0.5) is 5.95 Å². The fraction of sp³-hybridized carbons (Fsp3) is 0.417. The van der Waals surface area contributed by atoms with Gasteiger partial charge in [-0.05, 0) is 23.8 Å². The van der Waals surface area contributed by atoms with Gasteiger partial charge in [0.05, 0.1) is 13.7 Å². The molecule has 20 heavy (non-hydrogen) atoms. The van der Waals surface area contributed by atoms with Crippen LogP contribution < -0.4 is 14.8 Å². The van der Waals surface area contributed by atoms with E-state index >= 15 is 0 Å². The molecule has 0 unspecified atom stereocenters. The molecule has 2 aromatic rings. The lowest BCUT2D eigenvalue weighted by atomic mass is 10.2. The smallest absolute Gasteiger partial charge is 0.263 e. The van der Waals surface area contributed by atoms with E-state index in [1.165, 1.54) is 0 Å². The van der Waals surface area contributed by atoms with Crippen molar-refractivity contribution in [1.29, 1.82) is 0 Å². The van der Waals surface area contributed by atoms with Crippen LogP contribution in [0.1, 0.15) is 18.9 Å². The van der Waals surface area contributed by atoms with Crippen LogP contribution in [0, 0.1) is 0 Å². The Morgan fingerprint density at radius 1 is 1.40 bits per heavy atom. The zero-order valence-electron chi connectivity index (χ0n) is 11.3. The van der Waals surface area contributed by atoms with Gasteiger partial charge in [0.1, 0.15) is 0 Å². The Kier molecular flexibility index (Phi) is 5.16. The topological polar surface area (TPSA) is 85.0 Å². The third-order valence-corrected chi connectivity index (χ3v) is 3.01. The molecular formula is C12H16BrN5O2. The van der Waals surface area contributed by atoms with Gasteiger partial charge in [-0.15, -0.1) is 5.10 Å². The van der Waals surface area contributed by atoms with E-state index in [2.05, 4.69) is 48.8 Å². The highest BCUT2D eigenvalue weighted by Crippen LogP contribution is 2.35. The van der Waals surface area contributed by atoms with Gasteiger partial charge >= 0.3 is 0 Å². The van der Waals surface area contributed by atoms with Gasteiger partial charge in [0, 0.05) is 16.6 Å². The van der Waals surface area contributed by atoms with Crippen molar-refractivity contribution in [3.8, 4) is 11.5 Å². The summed E-state index contributed by atoms with van der Waals surface area (Å²) >= 11 is 3.46. The van der Waals surface area contributed by atoms with Crippen molar-refractivity contribution >= 4 is 21.9 Å². The quantitative estimate of drug-likeness (QED) is 0.804. The third kappa shape index (κ3) is 3.60. The number of halogens is 1. The summed E-state index contributed by atoms with van der Waals surface area (Å²) in [5.41, 5.74) is 0.953. The maximum absolute atomic E-state index is 5.78. The fourth-order valence-electron chi connectivity index (χ4n) is 1.68. The summed E-state index contributed by atoms with van der Waals surface area (Å²) in [5, 5.41) is 16.6. The molecule has 2 rings (SSSR count). The normalized spacial score (nSPS) is 10.3. The molecule has 0 aliphatic carbocycles. The van der Waals surface area contributed by atoms with E-state index in [1.807, 2.05) is 12.1 Å². The third-order valence-electron chi connectivity index (χ3n) is 2.55. The molecule has 0 fully saturated rings. The highest BCUT2D eigenvalue weighted by Gasteiger charge is 2.13. The van der Waals surface area contributed by atoms with Crippen molar-refractivity contribution in [3.05, 3.63) is 22.2 Å². The SMILES string of the molecule is CCCOc1c(CNc2nn[nH]n2)cc(Br)cc1OC. The molecule has 7 nitrogen and oxygen atoms in total. The average molecular weight is 342 g/mol. The fourth-order valence-corrected chi connectivity index (χ4v) is 2.17. The summed E-state index contributed by atoms with van der Waals surface area (Å²) in [6.45, 7) is 3.20. The minimum Gasteiger partial charge on any atom is -0.493 e. The van der Waals surface area contributed by atoms with Crippen molar-refractivity contribution < 1.29 is 9.47 Å². The number of aromatic amines is 1. The van der Waals surface area contributed by atoms with Gasteiger partial charge in [-0.1, -0.05) is 28.0 Å². The Morgan fingerprint density at radius 3 is 2.90 bits per heavy atom. The molecule has 8 heteroatoms. The monoisotopic (exact) mass is 341 g/mol. The lowest BCUT2D eigenvalue weighted by Crippen LogP contribution is -2.06. The number of anilines is 1. The van der Waals surface area contributed by atoms with Crippen LogP contribution in [0.2, 0.25) is 0 Å². The zero-order chi connectivity index (χ0) is 14.4. The molecular weight excluding hydrogens is 326 g/mol. The van der Waals surface area contributed by atoms with E-state index in [0.29, 0.717) is 24.8 Å². The number of aromatic nitrogens is 4. The second-order valence-corrected chi connectivity index (χ2v) is 4.95. The molecule has 0 bridgehead atoms. The highest BCUT2D eigenvalue weighted by atomic mass is 79.9. The first-order valence-corrected chi connectivity index (χ1v) is 7.00. The second-order valence-electron chi connectivity index (χ2n) is 4.03. The number of nitrogens with one attached hydrogen (secondary N) is 2. The summed E-state index contributed by atoms with van der Waals surface area (Å²) in [4.78, 5) is 0. The zero-order valence-corrected chi connectivity index (χ0v) is 12.9. The van der Waals surface area contributed by atoms with Gasteiger partial charge in [0.2, 0.25) is 0 Å². The van der Waals surface area contributed by atoms with E-state index in [4.69, 9.17) is 9.47 Å². The number of benzene rings is 1. The molecule has 1 heterocycles. The van der Waals surface area contributed by atoms with E-state index in [-0.39, 0.29) is 0 Å². The largest absolute Gasteiger partial charge is 0.493 e. The number of ether oxygens (including phenoxy) is 2. The molecule has 0 aliphatic heterocycles. The number of hydrogen-bond acceptors (Lipinski definition) is 6. The first kappa shape index (κ1) is 14.6. The molecule has 0 saturated heterocycles. The van der Waals surface area contributed by atoms with Crippen LogP contribution >= 0.6 is 15.9 Å². The van der Waals surface area contributed by atoms with Crippen LogP contribution in [0.3, 0.4) is 0 Å². The number of rotatable bonds is 7. The molecule has 2 N–H and O–H groups in total. The van der Waals surface area contributed by atoms with Crippen molar-refractivity contribution in [3.63, 3.8) is 0 Å². The molecule has 0 amide bonds. The van der Waals surface area contributed by atoms with Crippen molar-refractivity contribution in [1.82, 2.24) is 20.6 Å². The van der Waals surface area contributed by atoms with E-state index in [9.17, 15) is 0 Å². The molecule has 0 saturated carbocycles. The maximum atomic E-state index is 5.78. The van der Waals surface area contributed by atoms with Gasteiger partial charge in [-0.25, -0.2) is 0 Å². The highest BCUT2D eigenvalue weighted by molar-refractivity contribution is 9.10. The summed E-state index contributed by atoms with van der Waals surface area (Å²) in [6, 6.07) is 3.85. The minimum atomic E-state index is 0.436. The van der Waals surface area contributed by atoms with Crippen LogP contribution in [-0.2, 0) is 6.54 Å². The number of nitrogens with zero attached hydrogens (tertiary/aromatic N) is 3. The summed E-state index contributed by atoms with van der Waals surface area (Å²) in [7, 11) is 1.62. The summed E-state index contributed by atoms with van der Waals surface area (Å²) in [6.07, 6.45) is 0.928. The van der Waals surface area contributed by atoms with Gasteiger partial charge < -0.3 is 14.8 Å². The van der Waals surface area contributed by atoms with Crippen LogP contribution in [0.15, 0.2) is 16.6 Å². The average Bonchev–Trinajstić information content (AvgIpc) is 2.96. The molecule has 1 aromatic heterocycles. The molecule has 0 spiro atoms. The maximum Gasteiger partial charge on any atom is 0.263 e. The van der Waals surface area contributed by atoms with E-state index in [1.54, 1.807) is 7.11 Å². The molecule has 108 valence electrons. The van der Waals surface area contributed by atoms with Crippen molar-refractivity contribution in [2.75, 3.05) is 19.0 Å². The molecule has 0 radical (unpaired) electrons. The number of H-pyrrole nitrogens is 1. The standard InChI is InChI=1S/C12H16BrN5O2/c1-3-4-20-11-8(5-9(13)6-10(11)19-2)7-14-12-15-17-18-16-12/h5-6H,3-4,7H2,1-2H3,(H2,14,15,16,17,18). The summed E-state index contributed by atoms with van der Waals surface area (Å²) < 4.78 is 12.1. The van der Waals surface area contributed by atoms with Gasteiger partial charge in [0.15, 0.2) is 11.5 Å². The van der Waals surface area contributed by atoms with Gasteiger partial charge in [0.25, 0.3) is 5.95 Å².